The van der Waals surface area contributed by atoms with Gasteiger partial charge in [0.2, 0.25) is 0 Å². The smallest absolute Gasteiger partial charge is 0.270 e. The molecule has 1 fully saturated rings. The van der Waals surface area contributed by atoms with Crippen molar-refractivity contribution in [1.82, 2.24) is 9.88 Å². The summed E-state index contributed by atoms with van der Waals surface area (Å²) in [5.74, 6) is 0.103. The molecule has 1 aliphatic rings. The predicted octanol–water partition coefficient (Wildman–Crippen LogP) is 2.94. The number of hydrogen-bond donors (Lipinski definition) is 1. The first kappa shape index (κ1) is 15.8. The van der Waals surface area contributed by atoms with Gasteiger partial charge in [0.05, 0.1) is 0 Å². The molecule has 2 heterocycles. The van der Waals surface area contributed by atoms with Crippen molar-refractivity contribution in [2.24, 2.45) is 0 Å². The van der Waals surface area contributed by atoms with E-state index >= 15 is 0 Å². The molecule has 0 spiro atoms. The minimum absolute atomic E-state index is 0.0299. The van der Waals surface area contributed by atoms with Gasteiger partial charge in [0.25, 0.3) is 5.91 Å². The van der Waals surface area contributed by atoms with Gasteiger partial charge in [-0.2, -0.15) is 0 Å². The Morgan fingerprint density at radius 2 is 1.74 bits per heavy atom. The molecule has 0 atom stereocenters. The lowest BCUT2D eigenvalue weighted by Crippen LogP contribution is -2.48. The summed E-state index contributed by atoms with van der Waals surface area (Å²) in [5, 5.41) is 0. The number of carbonyl (C=O) groups is 2. The molecule has 1 aromatic heterocycles. The topological polar surface area (TPSA) is 56.4 Å². The first-order valence-electron chi connectivity index (χ1n) is 7.54. The summed E-state index contributed by atoms with van der Waals surface area (Å²) in [6, 6.07) is 9.44. The Hall–Kier alpha value is -2.08. The van der Waals surface area contributed by atoms with E-state index in [1.165, 1.54) is 0 Å². The zero-order valence-electron chi connectivity index (χ0n) is 12.9. The van der Waals surface area contributed by atoms with Crippen molar-refractivity contribution in [1.29, 1.82) is 0 Å². The van der Waals surface area contributed by atoms with E-state index in [0.29, 0.717) is 18.8 Å². The Balaban J connectivity index is 1.61. The molecule has 120 valence electrons. The fourth-order valence-corrected chi connectivity index (χ4v) is 3.08. The molecule has 1 N–H and O–H groups in total. The standard InChI is InChI=1S/C17H18BrN3O2/c1-12(22)13-2-4-15(5-3-13)20-6-8-21(9-7-20)17(23)16-10-14(18)11-19-16/h2-5,10-11,19H,6-9H2,1H3. The van der Waals surface area contributed by atoms with E-state index in [4.69, 9.17) is 0 Å². The van der Waals surface area contributed by atoms with Crippen LogP contribution in [0.25, 0.3) is 0 Å². The van der Waals surface area contributed by atoms with Crippen LogP contribution in [0.2, 0.25) is 0 Å². The van der Waals surface area contributed by atoms with Crippen molar-refractivity contribution < 1.29 is 9.59 Å². The van der Waals surface area contributed by atoms with E-state index < -0.39 is 0 Å². The van der Waals surface area contributed by atoms with Crippen LogP contribution < -0.4 is 4.90 Å². The molecule has 1 aliphatic heterocycles. The maximum atomic E-state index is 12.4. The number of nitrogens with zero attached hydrogens (tertiary/aromatic N) is 2. The van der Waals surface area contributed by atoms with Crippen LogP contribution in [0.4, 0.5) is 5.69 Å². The third-order valence-corrected chi connectivity index (χ3v) is 4.54. The van der Waals surface area contributed by atoms with Crippen molar-refractivity contribution >= 4 is 33.3 Å². The van der Waals surface area contributed by atoms with Crippen LogP contribution in [0.5, 0.6) is 0 Å². The van der Waals surface area contributed by atoms with Gasteiger partial charge in [-0.3, -0.25) is 9.59 Å². The van der Waals surface area contributed by atoms with Crippen LogP contribution in [0.15, 0.2) is 41.0 Å². The number of anilines is 1. The highest BCUT2D eigenvalue weighted by molar-refractivity contribution is 9.10. The molecule has 6 heteroatoms. The summed E-state index contributed by atoms with van der Waals surface area (Å²) in [5.41, 5.74) is 2.42. The largest absolute Gasteiger partial charge is 0.368 e. The number of hydrogen-bond acceptors (Lipinski definition) is 3. The van der Waals surface area contributed by atoms with Gasteiger partial charge in [-0.05, 0) is 53.2 Å². The number of ketones is 1. The number of aromatic amines is 1. The number of halogens is 1. The number of rotatable bonds is 3. The van der Waals surface area contributed by atoms with Crippen molar-refractivity contribution in [3.05, 3.63) is 52.3 Å². The summed E-state index contributed by atoms with van der Waals surface area (Å²) < 4.78 is 0.880. The number of piperazine rings is 1. The zero-order valence-corrected chi connectivity index (χ0v) is 14.5. The van der Waals surface area contributed by atoms with E-state index in [-0.39, 0.29) is 11.7 Å². The minimum Gasteiger partial charge on any atom is -0.368 e. The molecular formula is C17H18BrN3O2. The predicted molar refractivity (Wildman–Crippen MR) is 93.1 cm³/mol. The maximum absolute atomic E-state index is 12.4. The Morgan fingerprint density at radius 1 is 1.09 bits per heavy atom. The molecule has 0 radical (unpaired) electrons. The maximum Gasteiger partial charge on any atom is 0.270 e. The monoisotopic (exact) mass is 375 g/mol. The highest BCUT2D eigenvalue weighted by Crippen LogP contribution is 2.19. The number of aromatic nitrogens is 1. The molecule has 23 heavy (non-hydrogen) atoms. The first-order valence-corrected chi connectivity index (χ1v) is 8.33. The lowest BCUT2D eigenvalue weighted by Gasteiger charge is -2.36. The number of benzene rings is 1. The lowest BCUT2D eigenvalue weighted by molar-refractivity contribution is 0.0741. The second-order valence-corrected chi connectivity index (χ2v) is 6.53. The Morgan fingerprint density at radius 3 is 2.26 bits per heavy atom. The number of Topliss-reactive ketones (excluding diaryl/α,β-unsaturated/α-hetero) is 1. The molecule has 0 aliphatic carbocycles. The van der Waals surface area contributed by atoms with Gasteiger partial charge in [-0.1, -0.05) is 0 Å². The molecule has 1 aromatic carbocycles. The van der Waals surface area contributed by atoms with E-state index in [2.05, 4.69) is 25.8 Å². The van der Waals surface area contributed by atoms with Crippen LogP contribution in [0.3, 0.4) is 0 Å². The molecule has 2 aromatic rings. The minimum atomic E-state index is 0.0299. The van der Waals surface area contributed by atoms with Crippen LogP contribution in [-0.2, 0) is 0 Å². The highest BCUT2D eigenvalue weighted by atomic mass is 79.9. The Kier molecular flexibility index (Phi) is 4.52. The second-order valence-electron chi connectivity index (χ2n) is 5.61. The van der Waals surface area contributed by atoms with Crippen molar-refractivity contribution in [2.75, 3.05) is 31.1 Å². The molecule has 0 saturated carbocycles. The van der Waals surface area contributed by atoms with Gasteiger partial charge in [-0.25, -0.2) is 0 Å². The lowest BCUT2D eigenvalue weighted by atomic mass is 10.1. The number of H-pyrrole nitrogens is 1. The average molecular weight is 376 g/mol. The zero-order chi connectivity index (χ0) is 16.4. The average Bonchev–Trinajstić information content (AvgIpc) is 3.01. The van der Waals surface area contributed by atoms with E-state index in [1.807, 2.05) is 29.2 Å². The summed E-state index contributed by atoms with van der Waals surface area (Å²) >= 11 is 3.35. The molecule has 5 nitrogen and oxygen atoms in total. The summed E-state index contributed by atoms with van der Waals surface area (Å²) in [6.45, 7) is 4.51. The van der Waals surface area contributed by atoms with Crippen molar-refractivity contribution in [3.63, 3.8) is 0 Å². The van der Waals surface area contributed by atoms with E-state index in [0.717, 1.165) is 28.8 Å². The number of carbonyl (C=O) groups excluding carboxylic acids is 2. The molecule has 1 amide bonds. The van der Waals surface area contributed by atoms with Crippen molar-refractivity contribution in [3.8, 4) is 0 Å². The summed E-state index contributed by atoms with van der Waals surface area (Å²) in [6.07, 6.45) is 1.76. The third-order valence-electron chi connectivity index (χ3n) is 4.08. The molecule has 3 rings (SSSR count). The van der Waals surface area contributed by atoms with Crippen LogP contribution >= 0.6 is 15.9 Å². The third kappa shape index (κ3) is 3.47. The van der Waals surface area contributed by atoms with Gasteiger partial charge in [0, 0.05) is 48.1 Å². The van der Waals surface area contributed by atoms with E-state index in [1.54, 1.807) is 19.2 Å². The van der Waals surface area contributed by atoms with E-state index in [9.17, 15) is 9.59 Å². The van der Waals surface area contributed by atoms with Crippen LogP contribution in [0, 0.1) is 0 Å². The summed E-state index contributed by atoms with van der Waals surface area (Å²) in [4.78, 5) is 30.8. The summed E-state index contributed by atoms with van der Waals surface area (Å²) in [7, 11) is 0. The van der Waals surface area contributed by atoms with Crippen LogP contribution in [-0.4, -0.2) is 47.8 Å². The van der Waals surface area contributed by atoms with Gasteiger partial charge >= 0.3 is 0 Å². The molecular weight excluding hydrogens is 358 g/mol. The Bertz CT molecular complexity index is 716. The number of nitrogens with one attached hydrogen (secondary N) is 1. The van der Waals surface area contributed by atoms with Crippen molar-refractivity contribution in [2.45, 2.75) is 6.92 Å². The quantitative estimate of drug-likeness (QED) is 0.839. The molecule has 0 bridgehead atoms. The van der Waals surface area contributed by atoms with Gasteiger partial charge in [0.1, 0.15) is 5.69 Å². The molecule has 1 saturated heterocycles. The normalized spacial score (nSPS) is 14.9. The molecule has 0 unspecified atom stereocenters. The second kappa shape index (κ2) is 6.58. The number of amides is 1. The first-order chi connectivity index (χ1) is 11.0. The SMILES string of the molecule is CC(=O)c1ccc(N2CCN(C(=O)c3cc(Br)c[nH]3)CC2)cc1. The fraction of sp³-hybridized carbons (Fsp3) is 0.294. The highest BCUT2D eigenvalue weighted by Gasteiger charge is 2.23. The van der Waals surface area contributed by atoms with Gasteiger partial charge in [0.15, 0.2) is 5.78 Å². The fourth-order valence-electron chi connectivity index (χ4n) is 2.74. The van der Waals surface area contributed by atoms with Gasteiger partial charge in [-0.15, -0.1) is 0 Å². The van der Waals surface area contributed by atoms with Gasteiger partial charge < -0.3 is 14.8 Å². The Labute approximate surface area is 143 Å². The van der Waals surface area contributed by atoms with Crippen LogP contribution in [0.1, 0.15) is 27.8 Å².